The molecule has 2 aliphatic heterocycles. The summed E-state index contributed by atoms with van der Waals surface area (Å²) < 4.78 is 32.9. The van der Waals surface area contributed by atoms with E-state index in [1.165, 1.54) is 4.31 Å². The largest absolute Gasteiger partial charge is 0.381 e. The summed E-state index contributed by atoms with van der Waals surface area (Å²) in [4.78, 5) is 13.3. The fraction of sp³-hybridized carbons (Fsp3) is 0.480. The molecule has 0 saturated carbocycles. The number of carbonyl (C=O) groups is 1. The molecule has 0 radical (unpaired) electrons. The monoisotopic (exact) mass is 490 g/mol. The molecule has 0 spiro atoms. The molecule has 0 bridgehead atoms. The quantitative estimate of drug-likeness (QED) is 0.666. The number of piperidine rings is 1. The number of rotatable bonds is 6. The Morgan fingerprint density at radius 3 is 2.27 bits per heavy atom. The lowest BCUT2D eigenvalue weighted by Gasteiger charge is -2.38. The number of benzene rings is 2. The fourth-order valence-corrected chi connectivity index (χ4v) is 6.35. The molecular formula is C25H31ClN2O4S. The van der Waals surface area contributed by atoms with E-state index in [0.717, 1.165) is 24.0 Å². The van der Waals surface area contributed by atoms with Gasteiger partial charge in [0.25, 0.3) is 0 Å². The molecule has 2 saturated heterocycles. The first-order valence-corrected chi connectivity index (χ1v) is 13.3. The second kappa shape index (κ2) is 10.1. The van der Waals surface area contributed by atoms with Gasteiger partial charge in [-0.3, -0.25) is 4.79 Å². The van der Waals surface area contributed by atoms with Crippen LogP contribution in [-0.4, -0.2) is 51.5 Å². The Hall–Kier alpha value is -1.93. The van der Waals surface area contributed by atoms with E-state index < -0.39 is 10.0 Å². The van der Waals surface area contributed by atoms with Crippen molar-refractivity contribution in [3.05, 3.63) is 64.7 Å². The number of sulfonamides is 1. The number of hydrogen-bond donors (Lipinski definition) is 1. The molecule has 2 fully saturated rings. The van der Waals surface area contributed by atoms with E-state index in [9.17, 15) is 13.2 Å². The smallest absolute Gasteiger partial charge is 0.243 e. The summed E-state index contributed by atoms with van der Waals surface area (Å²) in [6.07, 6.45) is 2.71. The predicted molar refractivity (Wildman–Crippen MR) is 129 cm³/mol. The first-order chi connectivity index (χ1) is 15.8. The van der Waals surface area contributed by atoms with E-state index >= 15 is 0 Å². The van der Waals surface area contributed by atoms with Crippen molar-refractivity contribution in [2.24, 2.45) is 5.92 Å². The number of ether oxygens (including phenoxy) is 1. The van der Waals surface area contributed by atoms with Crippen molar-refractivity contribution in [2.75, 3.05) is 32.8 Å². The minimum Gasteiger partial charge on any atom is -0.381 e. The molecule has 2 aromatic carbocycles. The highest BCUT2D eigenvalue weighted by atomic mass is 35.5. The maximum Gasteiger partial charge on any atom is 0.243 e. The second-order valence-corrected chi connectivity index (χ2v) is 11.5. The number of aryl methyl sites for hydroxylation is 1. The molecule has 4 rings (SSSR count). The molecule has 2 aromatic rings. The molecule has 6 nitrogen and oxygen atoms in total. The molecule has 0 unspecified atom stereocenters. The maximum atomic E-state index is 13.0. The third-order valence-electron chi connectivity index (χ3n) is 6.99. The van der Waals surface area contributed by atoms with Crippen molar-refractivity contribution < 1.29 is 17.9 Å². The van der Waals surface area contributed by atoms with Crippen LogP contribution in [0.25, 0.3) is 0 Å². The van der Waals surface area contributed by atoms with E-state index in [1.54, 1.807) is 24.3 Å². The summed E-state index contributed by atoms with van der Waals surface area (Å²) in [5.74, 6) is -0.182. The second-order valence-electron chi connectivity index (χ2n) is 9.11. The molecule has 2 heterocycles. The van der Waals surface area contributed by atoms with Crippen LogP contribution in [0, 0.1) is 12.8 Å². The topological polar surface area (TPSA) is 75.7 Å². The van der Waals surface area contributed by atoms with Crippen LogP contribution in [0.5, 0.6) is 0 Å². The highest BCUT2D eigenvalue weighted by molar-refractivity contribution is 7.89. The summed E-state index contributed by atoms with van der Waals surface area (Å²) in [7, 11) is -3.53. The summed E-state index contributed by atoms with van der Waals surface area (Å²) >= 11 is 6.07. The van der Waals surface area contributed by atoms with E-state index in [-0.39, 0.29) is 17.2 Å². The molecule has 2 aliphatic rings. The zero-order chi connectivity index (χ0) is 23.5. The van der Waals surface area contributed by atoms with Gasteiger partial charge >= 0.3 is 0 Å². The Morgan fingerprint density at radius 2 is 1.67 bits per heavy atom. The first-order valence-electron chi connectivity index (χ1n) is 11.5. The minimum absolute atomic E-state index is 0.00205. The van der Waals surface area contributed by atoms with Gasteiger partial charge in [0.05, 0.1) is 4.90 Å². The summed E-state index contributed by atoms with van der Waals surface area (Å²) in [6, 6.07) is 14.8. The fourth-order valence-electron chi connectivity index (χ4n) is 4.75. The van der Waals surface area contributed by atoms with Crippen molar-refractivity contribution in [1.82, 2.24) is 9.62 Å². The normalized spacial score (nSPS) is 19.8. The third-order valence-corrected chi connectivity index (χ3v) is 9.16. The van der Waals surface area contributed by atoms with Gasteiger partial charge < -0.3 is 10.1 Å². The lowest BCUT2D eigenvalue weighted by molar-refractivity contribution is -0.126. The predicted octanol–water partition coefficient (Wildman–Crippen LogP) is 3.91. The van der Waals surface area contributed by atoms with Crippen LogP contribution >= 0.6 is 11.6 Å². The highest BCUT2D eigenvalue weighted by Crippen LogP contribution is 2.35. The van der Waals surface area contributed by atoms with Crippen molar-refractivity contribution in [1.29, 1.82) is 0 Å². The average molecular weight is 491 g/mol. The highest BCUT2D eigenvalue weighted by Gasteiger charge is 2.37. The number of amides is 1. The van der Waals surface area contributed by atoms with Crippen molar-refractivity contribution in [3.63, 3.8) is 0 Å². The van der Waals surface area contributed by atoms with Crippen molar-refractivity contribution >= 4 is 27.5 Å². The Balaban J connectivity index is 1.36. The Morgan fingerprint density at radius 1 is 1.06 bits per heavy atom. The first kappa shape index (κ1) is 24.2. The van der Waals surface area contributed by atoms with Crippen LogP contribution in [0.3, 0.4) is 0 Å². The van der Waals surface area contributed by atoms with Crippen LogP contribution < -0.4 is 5.32 Å². The summed E-state index contributed by atoms with van der Waals surface area (Å²) in [6.45, 7) is 4.49. The zero-order valence-corrected chi connectivity index (χ0v) is 20.5. The standard InChI is InChI=1S/C25H31ClN2O4S/c1-19-2-8-23(9-3-19)33(30,31)28-14-10-20(11-15-28)24(29)27-18-25(12-16-32-17-13-25)21-4-6-22(26)7-5-21/h2-9,20H,10-18H2,1H3,(H,27,29). The van der Waals surface area contributed by atoms with Gasteiger partial charge in [-0.15, -0.1) is 0 Å². The Labute approximate surface area is 201 Å². The molecule has 0 atom stereocenters. The molecule has 178 valence electrons. The van der Waals surface area contributed by atoms with Crippen molar-refractivity contribution in [2.45, 2.75) is 42.9 Å². The van der Waals surface area contributed by atoms with Gasteiger partial charge in [-0.05, 0) is 62.4 Å². The van der Waals surface area contributed by atoms with Gasteiger partial charge in [0, 0.05) is 49.2 Å². The van der Waals surface area contributed by atoms with E-state index in [0.29, 0.717) is 55.6 Å². The zero-order valence-electron chi connectivity index (χ0n) is 18.9. The van der Waals surface area contributed by atoms with Gasteiger partial charge in [-0.2, -0.15) is 4.31 Å². The molecule has 0 aliphatic carbocycles. The van der Waals surface area contributed by atoms with Crippen molar-refractivity contribution in [3.8, 4) is 0 Å². The number of nitrogens with one attached hydrogen (secondary N) is 1. The van der Waals surface area contributed by atoms with Crippen LogP contribution in [-0.2, 0) is 25.0 Å². The summed E-state index contributed by atoms with van der Waals surface area (Å²) in [5.41, 5.74) is 2.01. The molecule has 1 N–H and O–H groups in total. The average Bonchev–Trinajstić information content (AvgIpc) is 2.84. The summed E-state index contributed by atoms with van der Waals surface area (Å²) in [5, 5.41) is 3.86. The lowest BCUT2D eigenvalue weighted by Crippen LogP contribution is -2.48. The van der Waals surface area contributed by atoms with Gasteiger partial charge in [-0.25, -0.2) is 8.42 Å². The molecule has 0 aromatic heterocycles. The Bertz CT molecular complexity index is 1060. The van der Waals surface area contributed by atoms with Crippen LogP contribution in [0.1, 0.15) is 36.8 Å². The molecule has 1 amide bonds. The minimum atomic E-state index is -3.53. The maximum absolute atomic E-state index is 13.0. The van der Waals surface area contributed by atoms with Gasteiger partial charge in [0.1, 0.15) is 0 Å². The number of halogens is 1. The van der Waals surface area contributed by atoms with Crippen LogP contribution in [0.2, 0.25) is 5.02 Å². The van der Waals surface area contributed by atoms with Crippen LogP contribution in [0.4, 0.5) is 0 Å². The van der Waals surface area contributed by atoms with Gasteiger partial charge in [0.2, 0.25) is 15.9 Å². The van der Waals surface area contributed by atoms with E-state index in [2.05, 4.69) is 5.32 Å². The van der Waals surface area contributed by atoms with E-state index in [4.69, 9.17) is 16.3 Å². The number of carbonyl (C=O) groups excluding carboxylic acids is 1. The van der Waals surface area contributed by atoms with E-state index in [1.807, 2.05) is 31.2 Å². The van der Waals surface area contributed by atoms with Crippen LogP contribution in [0.15, 0.2) is 53.4 Å². The number of hydrogen-bond acceptors (Lipinski definition) is 4. The molecule has 33 heavy (non-hydrogen) atoms. The molecule has 8 heteroatoms. The van der Waals surface area contributed by atoms with Gasteiger partial charge in [-0.1, -0.05) is 41.4 Å². The molecular weight excluding hydrogens is 460 g/mol. The number of nitrogens with zero attached hydrogens (tertiary/aromatic N) is 1. The Kier molecular flexibility index (Phi) is 7.43. The lowest BCUT2D eigenvalue weighted by atomic mass is 9.74. The SMILES string of the molecule is Cc1ccc(S(=O)(=O)N2CCC(C(=O)NCC3(c4ccc(Cl)cc4)CCOCC3)CC2)cc1. The van der Waals surface area contributed by atoms with Gasteiger partial charge in [0.15, 0.2) is 0 Å². The third kappa shape index (κ3) is 5.43.